The number of ether oxygens (including phenoxy) is 1. The van der Waals surface area contributed by atoms with Crippen LogP contribution in [0.15, 0.2) is 11.6 Å². The van der Waals surface area contributed by atoms with E-state index in [0.717, 1.165) is 0 Å². The quantitative estimate of drug-likeness (QED) is 0.715. The third-order valence-electron chi connectivity index (χ3n) is 1.67. The molecule has 0 saturated heterocycles. The van der Waals surface area contributed by atoms with E-state index >= 15 is 0 Å². The van der Waals surface area contributed by atoms with Gasteiger partial charge in [0.15, 0.2) is 4.96 Å². The number of thiazole rings is 1. The van der Waals surface area contributed by atoms with E-state index < -0.39 is 11.9 Å². The molecule has 0 aliphatic carbocycles. The first-order chi connectivity index (χ1) is 6.74. The Morgan fingerprint density at radius 1 is 1.79 bits per heavy atom. The minimum atomic E-state index is -0.721. The zero-order chi connectivity index (χ0) is 10.1. The Balaban J connectivity index is 2.47. The smallest absolute Gasteiger partial charge is 0.361 e. The van der Waals surface area contributed by atoms with Crippen LogP contribution < -0.4 is 0 Å². The van der Waals surface area contributed by atoms with Gasteiger partial charge in [-0.25, -0.2) is 9.78 Å². The van der Waals surface area contributed by atoms with E-state index in [2.05, 4.69) is 9.72 Å². The summed E-state index contributed by atoms with van der Waals surface area (Å²) in [4.78, 5) is 15.5. The highest BCUT2D eigenvalue weighted by atomic mass is 32.1. The number of aromatic nitrogens is 2. The Hall–Kier alpha value is -1.43. The fourth-order valence-electron chi connectivity index (χ4n) is 1.09. The van der Waals surface area contributed by atoms with Crippen LogP contribution in [0.1, 0.15) is 17.4 Å². The van der Waals surface area contributed by atoms with Gasteiger partial charge in [-0.3, -0.25) is 4.40 Å². The molecule has 2 aromatic rings. The van der Waals surface area contributed by atoms with Gasteiger partial charge in [-0.15, -0.1) is 11.3 Å². The number of rotatable bonds is 2. The summed E-state index contributed by atoms with van der Waals surface area (Å²) in [6.45, 7) is 1.87. The molecule has 0 radical (unpaired) electrons. The molecule has 0 fully saturated rings. The van der Waals surface area contributed by atoms with Crippen LogP contribution >= 0.6 is 11.3 Å². The second-order valence-electron chi connectivity index (χ2n) is 2.53. The van der Waals surface area contributed by atoms with Crippen LogP contribution in [0.3, 0.4) is 0 Å². The highest BCUT2D eigenvalue weighted by Crippen LogP contribution is 2.16. The van der Waals surface area contributed by atoms with Crippen molar-refractivity contribution in [1.29, 1.82) is 0 Å². The predicted molar refractivity (Wildman–Crippen MR) is 49.0 cm³/mol. The van der Waals surface area contributed by atoms with Crippen LogP contribution in [0, 0.1) is 5.95 Å². The van der Waals surface area contributed by atoms with Gasteiger partial charge in [0.2, 0.25) is 11.6 Å². The molecule has 0 saturated carbocycles. The van der Waals surface area contributed by atoms with Gasteiger partial charge >= 0.3 is 5.97 Å². The standard InChI is InChI=1S/C8H7FN2O2S/c1-2-13-7(12)5-6(9)11-3-4-14-8(11)10-5/h3-4H,2H2,1H3. The minimum absolute atomic E-state index is 0.212. The fraction of sp³-hybridized carbons (Fsp3) is 0.250. The number of hydrogen-bond acceptors (Lipinski definition) is 4. The molecule has 14 heavy (non-hydrogen) atoms. The molecule has 4 nitrogen and oxygen atoms in total. The molecule has 2 rings (SSSR count). The zero-order valence-corrected chi connectivity index (χ0v) is 8.18. The van der Waals surface area contributed by atoms with Gasteiger partial charge in [-0.1, -0.05) is 0 Å². The zero-order valence-electron chi connectivity index (χ0n) is 7.36. The van der Waals surface area contributed by atoms with Crippen LogP contribution in [0.25, 0.3) is 4.96 Å². The van der Waals surface area contributed by atoms with Crippen LogP contribution in [0.2, 0.25) is 0 Å². The second kappa shape index (κ2) is 3.38. The lowest BCUT2D eigenvalue weighted by atomic mass is 10.5. The van der Waals surface area contributed by atoms with E-state index in [9.17, 15) is 9.18 Å². The van der Waals surface area contributed by atoms with Gasteiger partial charge in [-0.05, 0) is 6.92 Å². The van der Waals surface area contributed by atoms with Gasteiger partial charge < -0.3 is 4.74 Å². The minimum Gasteiger partial charge on any atom is -0.461 e. The van der Waals surface area contributed by atoms with Gasteiger partial charge in [-0.2, -0.15) is 4.39 Å². The average molecular weight is 214 g/mol. The van der Waals surface area contributed by atoms with E-state index in [4.69, 9.17) is 0 Å². The van der Waals surface area contributed by atoms with Gasteiger partial charge in [0, 0.05) is 11.6 Å². The third-order valence-corrected chi connectivity index (χ3v) is 2.43. The molecule has 0 spiro atoms. The first-order valence-electron chi connectivity index (χ1n) is 4.02. The van der Waals surface area contributed by atoms with Gasteiger partial charge in [0.25, 0.3) is 0 Å². The molecule has 0 amide bonds. The lowest BCUT2D eigenvalue weighted by Gasteiger charge is -1.96. The number of hydrogen-bond donors (Lipinski definition) is 0. The largest absolute Gasteiger partial charge is 0.461 e. The normalized spacial score (nSPS) is 10.7. The Morgan fingerprint density at radius 2 is 2.57 bits per heavy atom. The van der Waals surface area contributed by atoms with Crippen molar-refractivity contribution in [3.05, 3.63) is 23.2 Å². The van der Waals surface area contributed by atoms with Gasteiger partial charge in [0.1, 0.15) is 0 Å². The van der Waals surface area contributed by atoms with E-state index in [1.54, 1.807) is 12.3 Å². The van der Waals surface area contributed by atoms with Gasteiger partial charge in [0.05, 0.1) is 6.61 Å². The Labute approximate surface area is 82.9 Å². The molecular weight excluding hydrogens is 207 g/mol. The Bertz CT molecular complexity index is 477. The van der Waals surface area contributed by atoms with E-state index in [-0.39, 0.29) is 12.3 Å². The highest BCUT2D eigenvalue weighted by Gasteiger charge is 2.20. The second-order valence-corrected chi connectivity index (χ2v) is 3.40. The summed E-state index contributed by atoms with van der Waals surface area (Å²) in [7, 11) is 0. The first-order valence-corrected chi connectivity index (χ1v) is 4.90. The van der Waals surface area contributed by atoms with Crippen molar-refractivity contribution in [2.24, 2.45) is 0 Å². The molecule has 0 bridgehead atoms. The molecule has 74 valence electrons. The maximum Gasteiger partial charge on any atom is 0.361 e. The van der Waals surface area contributed by atoms with Crippen LogP contribution in [-0.4, -0.2) is 22.0 Å². The molecule has 2 aromatic heterocycles. The topological polar surface area (TPSA) is 43.6 Å². The van der Waals surface area contributed by atoms with E-state index in [1.165, 1.54) is 21.9 Å². The summed E-state index contributed by atoms with van der Waals surface area (Å²) in [6, 6.07) is 0. The van der Waals surface area contributed by atoms with E-state index in [0.29, 0.717) is 4.96 Å². The van der Waals surface area contributed by atoms with Crippen molar-refractivity contribution in [3.63, 3.8) is 0 Å². The SMILES string of the molecule is CCOC(=O)c1nc2sccn2c1F. The first kappa shape index (κ1) is 9.14. The maximum atomic E-state index is 13.4. The molecule has 0 aromatic carbocycles. The average Bonchev–Trinajstić information content (AvgIpc) is 2.69. The summed E-state index contributed by atoms with van der Waals surface area (Å²) in [5.74, 6) is -1.39. The summed E-state index contributed by atoms with van der Waals surface area (Å²) >= 11 is 1.26. The monoisotopic (exact) mass is 214 g/mol. The Morgan fingerprint density at radius 3 is 3.21 bits per heavy atom. The van der Waals surface area contributed by atoms with Crippen LogP contribution in [0.4, 0.5) is 4.39 Å². The van der Waals surface area contributed by atoms with Crippen LogP contribution in [-0.2, 0) is 4.74 Å². The van der Waals surface area contributed by atoms with Crippen molar-refractivity contribution in [2.45, 2.75) is 6.92 Å². The third kappa shape index (κ3) is 1.27. The molecule has 0 atom stereocenters. The highest BCUT2D eigenvalue weighted by molar-refractivity contribution is 7.15. The van der Waals surface area contributed by atoms with E-state index in [1.807, 2.05) is 0 Å². The molecule has 2 heterocycles. The summed E-state index contributed by atoms with van der Waals surface area (Å²) in [6.07, 6.45) is 1.52. The molecule has 0 aliphatic heterocycles. The number of imidazole rings is 1. The van der Waals surface area contributed by atoms with Crippen molar-refractivity contribution in [3.8, 4) is 0 Å². The number of esters is 1. The molecular formula is C8H7FN2O2S. The predicted octanol–water partition coefficient (Wildman–Crippen LogP) is 1.71. The summed E-state index contributed by atoms with van der Waals surface area (Å²) in [5, 5.41) is 1.69. The lowest BCUT2D eigenvalue weighted by Crippen LogP contribution is -2.07. The number of halogens is 1. The van der Waals surface area contributed by atoms with Crippen molar-refractivity contribution < 1.29 is 13.9 Å². The summed E-state index contributed by atoms with van der Waals surface area (Å²) < 4.78 is 19.3. The van der Waals surface area contributed by atoms with Crippen LogP contribution in [0.5, 0.6) is 0 Å². The number of carbonyl (C=O) groups excluding carboxylic acids is 1. The van der Waals surface area contributed by atoms with Crippen molar-refractivity contribution in [2.75, 3.05) is 6.61 Å². The maximum absolute atomic E-state index is 13.4. The number of nitrogens with zero attached hydrogens (tertiary/aromatic N) is 2. The summed E-state index contributed by atoms with van der Waals surface area (Å²) in [5.41, 5.74) is -0.251. The fourth-order valence-corrected chi connectivity index (χ4v) is 1.79. The molecule has 0 aliphatic rings. The van der Waals surface area contributed by atoms with Crippen molar-refractivity contribution >= 4 is 22.3 Å². The molecule has 0 N–H and O–H groups in total. The Kier molecular flexibility index (Phi) is 2.20. The molecule has 6 heteroatoms. The van der Waals surface area contributed by atoms with Crippen molar-refractivity contribution in [1.82, 2.24) is 9.38 Å². The lowest BCUT2D eigenvalue weighted by molar-refractivity contribution is 0.0514. The molecule has 0 unspecified atom stereocenters. The number of carbonyl (C=O) groups is 1. The number of fused-ring (bicyclic) bond motifs is 1.